The molecule has 2 aromatic heterocycles. The van der Waals surface area contributed by atoms with Crippen LogP contribution >= 0.6 is 24.0 Å². The summed E-state index contributed by atoms with van der Waals surface area (Å²) < 4.78 is 2.05. The number of likely N-dealkylation sites (N-methyl/N-ethyl adjacent to an activating group) is 1. The number of nitrogens with zero attached hydrogens (tertiary/aromatic N) is 5. The van der Waals surface area contributed by atoms with Gasteiger partial charge in [-0.1, -0.05) is 60.4 Å². The van der Waals surface area contributed by atoms with Gasteiger partial charge in [0.2, 0.25) is 0 Å². The minimum Gasteiger partial charge on any atom is -0.353 e. The molecule has 0 spiro atoms. The zero-order valence-electron chi connectivity index (χ0n) is 20.0. The molecule has 0 radical (unpaired) electrons. The molecule has 1 aromatic carbocycles. The Bertz CT molecular complexity index is 1390. The van der Waals surface area contributed by atoms with Crippen LogP contribution < -0.4 is 10.5 Å². The molecule has 9 heteroatoms. The third-order valence-corrected chi connectivity index (χ3v) is 7.89. The average Bonchev–Trinajstić information content (AvgIpc) is 3.14. The fraction of sp³-hybridized carbons (Fsp3) is 0.308. The monoisotopic (exact) mass is 505 g/mol. The summed E-state index contributed by atoms with van der Waals surface area (Å²) in [7, 11) is 2.09. The Balaban J connectivity index is 1.59. The first-order valence-corrected chi connectivity index (χ1v) is 12.8. The van der Waals surface area contributed by atoms with Crippen LogP contribution in [0.3, 0.4) is 0 Å². The van der Waals surface area contributed by atoms with Crippen LogP contribution in [0.1, 0.15) is 29.7 Å². The van der Waals surface area contributed by atoms with Crippen molar-refractivity contribution >= 4 is 51.7 Å². The number of anilines is 1. The van der Waals surface area contributed by atoms with Crippen molar-refractivity contribution in [1.29, 1.82) is 0 Å². The lowest BCUT2D eigenvalue weighted by Gasteiger charge is -2.34. The van der Waals surface area contributed by atoms with E-state index in [9.17, 15) is 9.59 Å². The largest absolute Gasteiger partial charge is 0.353 e. The van der Waals surface area contributed by atoms with Gasteiger partial charge in [-0.2, -0.15) is 0 Å². The second-order valence-electron chi connectivity index (χ2n) is 9.02. The van der Waals surface area contributed by atoms with Gasteiger partial charge in [0.15, 0.2) is 0 Å². The van der Waals surface area contributed by atoms with Crippen molar-refractivity contribution in [3.8, 4) is 0 Å². The third kappa shape index (κ3) is 4.51. The van der Waals surface area contributed by atoms with E-state index < -0.39 is 0 Å². The molecular formula is C26H27N5O2S2. The maximum absolute atomic E-state index is 13.7. The minimum absolute atomic E-state index is 0.186. The van der Waals surface area contributed by atoms with Gasteiger partial charge in [0, 0.05) is 32.4 Å². The zero-order valence-corrected chi connectivity index (χ0v) is 21.6. The van der Waals surface area contributed by atoms with Gasteiger partial charge < -0.3 is 9.80 Å². The number of hydrogen-bond acceptors (Lipinski definition) is 7. The van der Waals surface area contributed by atoms with E-state index >= 15 is 0 Å². The average molecular weight is 506 g/mol. The molecule has 1 atom stereocenters. The van der Waals surface area contributed by atoms with Crippen molar-refractivity contribution in [3.05, 3.63) is 80.6 Å². The van der Waals surface area contributed by atoms with Crippen LogP contribution in [-0.2, 0) is 4.79 Å². The molecule has 7 nitrogen and oxygen atoms in total. The number of fused-ring (bicyclic) bond motifs is 1. The summed E-state index contributed by atoms with van der Waals surface area (Å²) in [4.78, 5) is 38.5. The number of amides is 1. The fourth-order valence-corrected chi connectivity index (χ4v) is 5.86. The Hall–Kier alpha value is -3.01. The summed E-state index contributed by atoms with van der Waals surface area (Å²) in [6.07, 6.45) is 3.48. The summed E-state index contributed by atoms with van der Waals surface area (Å²) >= 11 is 6.84. The standard InChI is InChI=1S/C26H27N5O2S2/c1-17-9-10-22-27-23(29-13-11-28(3)12-14-29)20(24(32)30(22)16-17)15-21-25(33)31(26(34)35-21)18(2)19-7-5-4-6-8-19/h4-10,15-16,18H,11-14H2,1-3H3. The Kier molecular flexibility index (Phi) is 6.48. The highest BCUT2D eigenvalue weighted by molar-refractivity contribution is 8.26. The number of carbonyl (C=O) groups excluding carboxylic acids is 1. The van der Waals surface area contributed by atoms with Crippen LogP contribution in [0.5, 0.6) is 0 Å². The molecule has 3 aromatic rings. The van der Waals surface area contributed by atoms with Crippen molar-refractivity contribution in [2.24, 2.45) is 0 Å². The smallest absolute Gasteiger partial charge is 0.267 e. The molecule has 0 bridgehead atoms. The lowest BCUT2D eigenvalue weighted by Crippen LogP contribution is -2.45. The summed E-state index contributed by atoms with van der Waals surface area (Å²) in [6.45, 7) is 7.19. The maximum atomic E-state index is 13.7. The Morgan fingerprint density at radius 2 is 1.77 bits per heavy atom. The van der Waals surface area contributed by atoms with Gasteiger partial charge in [0.25, 0.3) is 11.5 Å². The fourth-order valence-electron chi connectivity index (χ4n) is 4.46. The number of aryl methyl sites for hydroxylation is 1. The van der Waals surface area contributed by atoms with Crippen LogP contribution in [0.15, 0.2) is 58.4 Å². The van der Waals surface area contributed by atoms with E-state index in [0.717, 1.165) is 37.3 Å². The van der Waals surface area contributed by atoms with Crippen LogP contribution in [-0.4, -0.2) is 62.6 Å². The molecule has 0 N–H and O–H groups in total. The highest BCUT2D eigenvalue weighted by Gasteiger charge is 2.36. The predicted octanol–water partition coefficient (Wildman–Crippen LogP) is 3.72. The number of piperazine rings is 1. The number of thioether (sulfide) groups is 1. The number of aromatic nitrogens is 2. The SMILES string of the molecule is Cc1ccc2nc(N3CCN(C)CC3)c(C=C3SC(=S)N(C(C)c4ccccc4)C3=O)c(=O)n2c1. The van der Waals surface area contributed by atoms with Crippen LogP contribution in [0, 0.1) is 6.92 Å². The van der Waals surface area contributed by atoms with Crippen molar-refractivity contribution in [1.82, 2.24) is 19.2 Å². The van der Waals surface area contributed by atoms with Crippen molar-refractivity contribution in [3.63, 3.8) is 0 Å². The number of benzene rings is 1. The van der Waals surface area contributed by atoms with Gasteiger partial charge in [-0.05, 0) is 44.2 Å². The van der Waals surface area contributed by atoms with E-state index in [2.05, 4.69) is 16.8 Å². The van der Waals surface area contributed by atoms with Gasteiger partial charge in [0.1, 0.15) is 15.8 Å². The number of pyridine rings is 1. The second kappa shape index (κ2) is 9.56. The zero-order chi connectivity index (χ0) is 24.7. The molecule has 35 heavy (non-hydrogen) atoms. The van der Waals surface area contributed by atoms with E-state index in [0.29, 0.717) is 26.3 Å². The van der Waals surface area contributed by atoms with E-state index in [4.69, 9.17) is 17.2 Å². The Morgan fingerprint density at radius 1 is 1.06 bits per heavy atom. The molecule has 2 fully saturated rings. The van der Waals surface area contributed by atoms with Gasteiger partial charge >= 0.3 is 0 Å². The normalized spacial score (nSPS) is 19.2. The molecule has 0 saturated carbocycles. The number of thiocarbonyl (C=S) groups is 1. The molecule has 1 amide bonds. The Labute approximate surface area is 214 Å². The lowest BCUT2D eigenvalue weighted by molar-refractivity contribution is -0.123. The van der Waals surface area contributed by atoms with E-state index in [1.54, 1.807) is 21.6 Å². The number of hydrogen-bond donors (Lipinski definition) is 0. The van der Waals surface area contributed by atoms with Crippen LogP contribution in [0.25, 0.3) is 11.7 Å². The first-order chi connectivity index (χ1) is 16.8. The van der Waals surface area contributed by atoms with Gasteiger partial charge in [0.05, 0.1) is 16.5 Å². The third-order valence-electron chi connectivity index (χ3n) is 6.56. The highest BCUT2D eigenvalue weighted by atomic mass is 32.2. The highest BCUT2D eigenvalue weighted by Crippen LogP contribution is 2.38. The minimum atomic E-state index is -0.204. The molecule has 0 aliphatic carbocycles. The Morgan fingerprint density at radius 3 is 2.49 bits per heavy atom. The number of carbonyl (C=O) groups is 1. The molecule has 2 aliphatic heterocycles. The van der Waals surface area contributed by atoms with E-state index in [1.165, 1.54) is 11.8 Å². The predicted molar refractivity (Wildman–Crippen MR) is 146 cm³/mol. The lowest BCUT2D eigenvalue weighted by atomic mass is 10.1. The molecule has 2 saturated heterocycles. The summed E-state index contributed by atoms with van der Waals surface area (Å²) in [6, 6.07) is 13.4. The van der Waals surface area contributed by atoms with E-state index in [1.807, 2.05) is 56.3 Å². The van der Waals surface area contributed by atoms with Gasteiger partial charge in [-0.15, -0.1) is 0 Å². The topological polar surface area (TPSA) is 61.2 Å². The van der Waals surface area contributed by atoms with Crippen molar-refractivity contribution in [2.45, 2.75) is 19.9 Å². The molecule has 180 valence electrons. The molecular weight excluding hydrogens is 478 g/mol. The van der Waals surface area contributed by atoms with Crippen LogP contribution in [0.4, 0.5) is 5.82 Å². The summed E-state index contributed by atoms with van der Waals surface area (Å²) in [5, 5.41) is 0. The molecule has 4 heterocycles. The molecule has 1 unspecified atom stereocenters. The number of rotatable bonds is 4. The maximum Gasteiger partial charge on any atom is 0.267 e. The first kappa shape index (κ1) is 23.7. The molecule has 2 aliphatic rings. The summed E-state index contributed by atoms with van der Waals surface area (Å²) in [5.41, 5.74) is 2.80. The second-order valence-corrected chi connectivity index (χ2v) is 10.7. The quantitative estimate of drug-likeness (QED) is 0.396. The summed E-state index contributed by atoms with van der Waals surface area (Å²) in [5.74, 6) is 0.433. The van der Waals surface area contributed by atoms with Crippen molar-refractivity contribution < 1.29 is 4.79 Å². The van der Waals surface area contributed by atoms with Crippen molar-refractivity contribution in [2.75, 3.05) is 38.1 Å². The van der Waals surface area contributed by atoms with Crippen LogP contribution in [0.2, 0.25) is 0 Å². The van der Waals surface area contributed by atoms with Gasteiger partial charge in [-0.25, -0.2) is 4.98 Å². The van der Waals surface area contributed by atoms with E-state index in [-0.39, 0.29) is 17.5 Å². The molecule has 5 rings (SSSR count). The first-order valence-electron chi connectivity index (χ1n) is 11.6. The van der Waals surface area contributed by atoms with Gasteiger partial charge in [-0.3, -0.25) is 18.9 Å².